The number of unbranched alkanes of at least 4 members (excludes halogenated alkanes) is 18. The molecule has 354 valence electrons. The first-order valence-electron chi connectivity index (χ1n) is 25.1. The fraction of sp³-hybridized carbons (Fsp3) is 0.596. The molecule has 0 heterocycles. The Morgan fingerprint density at radius 3 is 1.14 bits per heavy atom. The molecule has 0 saturated carbocycles. The summed E-state index contributed by atoms with van der Waals surface area (Å²) in [5.74, 6) is -0.977. The molecule has 0 rings (SSSR count). The van der Waals surface area contributed by atoms with Crippen LogP contribution in [0.4, 0.5) is 0 Å². The highest BCUT2D eigenvalue weighted by Crippen LogP contribution is 2.13. The Labute approximate surface area is 386 Å². The Morgan fingerprint density at radius 1 is 0.349 bits per heavy atom. The summed E-state index contributed by atoms with van der Waals surface area (Å²) in [6.45, 7) is 6.28. The fourth-order valence-corrected chi connectivity index (χ4v) is 6.38. The van der Waals surface area contributed by atoms with E-state index in [1.54, 1.807) is 0 Å². The average Bonchev–Trinajstić information content (AvgIpc) is 3.28. The van der Waals surface area contributed by atoms with Gasteiger partial charge in [-0.2, -0.15) is 0 Å². The van der Waals surface area contributed by atoms with Crippen molar-refractivity contribution in [2.75, 3.05) is 13.2 Å². The summed E-state index contributed by atoms with van der Waals surface area (Å²) < 4.78 is 16.7. The largest absolute Gasteiger partial charge is 0.462 e. The van der Waals surface area contributed by atoms with Crippen molar-refractivity contribution in [1.82, 2.24) is 0 Å². The van der Waals surface area contributed by atoms with Crippen LogP contribution in [0.25, 0.3) is 0 Å². The van der Waals surface area contributed by atoms with Crippen molar-refractivity contribution >= 4 is 17.9 Å². The SMILES string of the molecule is CC\C=C/C=C\C=C/C=C\CCCCCCCC(=O)OC(COC(=O)CCCCCCC\C=C/C=C\C=C/C=C\CCCCC)COC(=O)CCCCCCC/C=C\C/C=C\CC. The number of rotatable bonds is 43. The maximum Gasteiger partial charge on any atom is 0.306 e. The lowest BCUT2D eigenvalue weighted by molar-refractivity contribution is -0.167. The van der Waals surface area contributed by atoms with Gasteiger partial charge in [0.25, 0.3) is 0 Å². The number of carbonyl (C=O) groups is 3. The predicted molar refractivity (Wildman–Crippen MR) is 269 cm³/mol. The summed E-state index contributed by atoms with van der Waals surface area (Å²) in [7, 11) is 0. The standard InChI is InChI=1S/C57H90O6/c1-4-7-10-13-16-19-22-25-27-28-29-31-32-35-38-41-44-47-50-56(59)62-53-54(52-61-55(58)49-46-43-40-37-34-24-21-18-15-12-9-6-3)63-57(60)51-48-45-42-39-36-33-30-26-23-20-17-14-11-8-5-2/h8-9,11-12,14,16-23,25-31,54H,4-7,10,13,15,24,32-53H2,1-3H3/b11-8-,12-9-,17-14-,19-16-,21-18-,23-20-,25-22-,28-27-,30-26-,31-29-. The van der Waals surface area contributed by atoms with Gasteiger partial charge in [0.05, 0.1) is 0 Å². The van der Waals surface area contributed by atoms with Gasteiger partial charge in [0.15, 0.2) is 6.10 Å². The number of allylic oxidation sites excluding steroid dienone is 20. The first kappa shape index (κ1) is 58.8. The summed E-state index contributed by atoms with van der Waals surface area (Å²) in [6.07, 6.45) is 68.9. The Bertz CT molecular complexity index is 1370. The molecule has 0 aliphatic heterocycles. The van der Waals surface area contributed by atoms with Gasteiger partial charge in [0.1, 0.15) is 13.2 Å². The molecule has 0 aliphatic rings. The van der Waals surface area contributed by atoms with Crippen molar-refractivity contribution in [2.24, 2.45) is 0 Å². The Morgan fingerprint density at radius 2 is 0.698 bits per heavy atom. The summed E-state index contributed by atoms with van der Waals surface area (Å²) in [5, 5.41) is 0. The molecule has 0 spiro atoms. The number of hydrogen-bond donors (Lipinski definition) is 0. The molecule has 0 bridgehead atoms. The van der Waals surface area contributed by atoms with Crippen molar-refractivity contribution in [1.29, 1.82) is 0 Å². The molecule has 1 unspecified atom stereocenters. The van der Waals surface area contributed by atoms with Crippen molar-refractivity contribution in [3.8, 4) is 0 Å². The third-order valence-corrected chi connectivity index (χ3v) is 10.1. The van der Waals surface area contributed by atoms with Crippen molar-refractivity contribution in [2.45, 2.75) is 207 Å². The third-order valence-electron chi connectivity index (χ3n) is 10.1. The van der Waals surface area contributed by atoms with Gasteiger partial charge >= 0.3 is 17.9 Å². The van der Waals surface area contributed by atoms with E-state index < -0.39 is 6.10 Å². The zero-order valence-electron chi connectivity index (χ0n) is 40.3. The van der Waals surface area contributed by atoms with Crippen LogP contribution >= 0.6 is 0 Å². The van der Waals surface area contributed by atoms with Crippen LogP contribution < -0.4 is 0 Å². The minimum atomic E-state index is -0.809. The van der Waals surface area contributed by atoms with Gasteiger partial charge in [-0.3, -0.25) is 14.4 Å². The Balaban J connectivity index is 4.51. The molecular formula is C57H90O6. The number of hydrogen-bond acceptors (Lipinski definition) is 6. The molecule has 0 radical (unpaired) electrons. The van der Waals surface area contributed by atoms with Crippen LogP contribution in [-0.4, -0.2) is 37.2 Å². The second-order valence-electron chi connectivity index (χ2n) is 16.1. The highest BCUT2D eigenvalue weighted by atomic mass is 16.6. The molecule has 1 atom stereocenters. The second kappa shape index (κ2) is 50.5. The third kappa shape index (κ3) is 48.7. The predicted octanol–water partition coefficient (Wildman–Crippen LogP) is 16.5. The molecule has 0 aromatic rings. The molecule has 63 heavy (non-hydrogen) atoms. The van der Waals surface area contributed by atoms with E-state index in [9.17, 15) is 14.4 Å². The van der Waals surface area contributed by atoms with Crippen LogP contribution in [0.15, 0.2) is 122 Å². The van der Waals surface area contributed by atoms with Crippen molar-refractivity contribution < 1.29 is 28.6 Å². The topological polar surface area (TPSA) is 78.9 Å². The number of carbonyl (C=O) groups excluding carboxylic acids is 3. The van der Waals surface area contributed by atoms with Crippen LogP contribution in [0.2, 0.25) is 0 Å². The van der Waals surface area contributed by atoms with E-state index in [-0.39, 0.29) is 37.5 Å². The van der Waals surface area contributed by atoms with Crippen LogP contribution in [0.5, 0.6) is 0 Å². The van der Waals surface area contributed by atoms with Crippen molar-refractivity contribution in [3.05, 3.63) is 122 Å². The molecule has 0 N–H and O–H groups in total. The van der Waals surface area contributed by atoms with Crippen LogP contribution in [0.3, 0.4) is 0 Å². The van der Waals surface area contributed by atoms with Gasteiger partial charge in [0, 0.05) is 19.3 Å². The maximum absolute atomic E-state index is 12.8. The summed E-state index contributed by atoms with van der Waals surface area (Å²) in [6, 6.07) is 0. The smallest absolute Gasteiger partial charge is 0.306 e. The Hall–Kier alpha value is -4.19. The van der Waals surface area contributed by atoms with E-state index in [0.717, 1.165) is 141 Å². The summed E-state index contributed by atoms with van der Waals surface area (Å²) in [5.41, 5.74) is 0. The number of esters is 3. The van der Waals surface area contributed by atoms with Gasteiger partial charge in [-0.25, -0.2) is 0 Å². The Kier molecular flexibility index (Phi) is 47.1. The minimum absolute atomic E-state index is 0.107. The zero-order valence-corrected chi connectivity index (χ0v) is 40.3. The lowest BCUT2D eigenvalue weighted by Crippen LogP contribution is -2.30. The molecule has 0 aromatic heterocycles. The van der Waals surface area contributed by atoms with E-state index in [1.165, 1.54) is 19.3 Å². The fourth-order valence-electron chi connectivity index (χ4n) is 6.38. The van der Waals surface area contributed by atoms with Gasteiger partial charge in [-0.1, -0.05) is 213 Å². The molecule has 0 saturated heterocycles. The van der Waals surface area contributed by atoms with Crippen LogP contribution in [0.1, 0.15) is 201 Å². The van der Waals surface area contributed by atoms with Crippen LogP contribution in [0, 0.1) is 0 Å². The molecular weight excluding hydrogens is 781 g/mol. The quantitative estimate of drug-likeness (QED) is 0.0200. The molecule has 0 amide bonds. The first-order valence-corrected chi connectivity index (χ1v) is 25.1. The molecule has 0 fully saturated rings. The molecule has 0 aliphatic carbocycles. The van der Waals surface area contributed by atoms with Gasteiger partial charge in [0.2, 0.25) is 0 Å². The normalized spacial score (nSPS) is 13.1. The molecule has 0 aromatic carbocycles. The highest BCUT2D eigenvalue weighted by Gasteiger charge is 2.19. The van der Waals surface area contributed by atoms with Gasteiger partial charge in [-0.05, 0) is 89.9 Å². The maximum atomic E-state index is 12.8. The highest BCUT2D eigenvalue weighted by molar-refractivity contribution is 5.71. The van der Waals surface area contributed by atoms with E-state index >= 15 is 0 Å². The van der Waals surface area contributed by atoms with E-state index in [1.807, 2.05) is 24.3 Å². The molecule has 6 heteroatoms. The second-order valence-corrected chi connectivity index (χ2v) is 16.1. The van der Waals surface area contributed by atoms with E-state index in [4.69, 9.17) is 14.2 Å². The average molecular weight is 871 g/mol. The van der Waals surface area contributed by atoms with Crippen LogP contribution in [-0.2, 0) is 28.6 Å². The monoisotopic (exact) mass is 871 g/mol. The van der Waals surface area contributed by atoms with E-state index in [2.05, 4.69) is 118 Å². The summed E-state index contributed by atoms with van der Waals surface area (Å²) >= 11 is 0. The van der Waals surface area contributed by atoms with Gasteiger partial charge in [-0.15, -0.1) is 0 Å². The lowest BCUT2D eigenvalue weighted by atomic mass is 10.1. The zero-order chi connectivity index (χ0) is 45.8. The minimum Gasteiger partial charge on any atom is -0.462 e. The lowest BCUT2D eigenvalue weighted by Gasteiger charge is -2.18. The van der Waals surface area contributed by atoms with E-state index in [0.29, 0.717) is 12.8 Å². The number of ether oxygens (including phenoxy) is 3. The van der Waals surface area contributed by atoms with Gasteiger partial charge < -0.3 is 14.2 Å². The van der Waals surface area contributed by atoms with Crippen molar-refractivity contribution in [3.63, 3.8) is 0 Å². The molecule has 6 nitrogen and oxygen atoms in total. The first-order chi connectivity index (χ1) is 31.0. The summed E-state index contributed by atoms with van der Waals surface area (Å²) in [4.78, 5) is 37.9.